The van der Waals surface area contributed by atoms with Gasteiger partial charge in [0.1, 0.15) is 5.69 Å². The molecule has 4 aromatic rings. The molecule has 0 aliphatic carbocycles. The van der Waals surface area contributed by atoms with Crippen LogP contribution in [0.15, 0.2) is 30.3 Å². The fourth-order valence-electron chi connectivity index (χ4n) is 5.05. The van der Waals surface area contributed by atoms with Crippen LogP contribution in [0, 0.1) is 5.82 Å². The van der Waals surface area contributed by atoms with E-state index in [0.717, 1.165) is 50.5 Å². The number of hydrogen-bond donors (Lipinski definition) is 3. The minimum Gasteiger partial charge on any atom is -0.505 e. The summed E-state index contributed by atoms with van der Waals surface area (Å²) in [6.45, 7) is 3.70. The molecule has 3 N–H and O–H groups in total. The number of nitrogens with zero attached hydrogens (tertiary/aromatic N) is 4. The Kier molecular flexibility index (Phi) is 6.22. The number of hydrogen-bond acceptors (Lipinski definition) is 6. The molecular formula is C25H27FN6O3S2. The van der Waals surface area contributed by atoms with Crippen LogP contribution in [0.4, 0.5) is 4.39 Å². The first kappa shape index (κ1) is 24.4. The largest absolute Gasteiger partial charge is 0.505 e. The number of thioether (sulfide) groups is 1. The zero-order chi connectivity index (χ0) is 25.7. The third-order valence-electron chi connectivity index (χ3n) is 7.07. The van der Waals surface area contributed by atoms with Crippen molar-refractivity contribution in [2.45, 2.75) is 26.3 Å². The Morgan fingerprint density at radius 2 is 1.95 bits per heavy atom. The third-order valence-corrected chi connectivity index (χ3v) is 10.00. The van der Waals surface area contributed by atoms with Gasteiger partial charge in [-0.3, -0.25) is 5.10 Å². The molecule has 2 aromatic heterocycles. The van der Waals surface area contributed by atoms with Crippen LogP contribution in [-0.2, 0) is 29.6 Å². The molecule has 194 valence electrons. The lowest BCUT2D eigenvalue weighted by molar-refractivity contribution is 0.331. The van der Waals surface area contributed by atoms with Gasteiger partial charge in [0, 0.05) is 42.9 Å². The van der Waals surface area contributed by atoms with E-state index in [1.165, 1.54) is 16.4 Å². The van der Waals surface area contributed by atoms with Crippen molar-refractivity contribution >= 4 is 32.9 Å². The number of fused-ring (bicyclic) bond motifs is 2. The smallest absolute Gasteiger partial charge is 0.282 e. The van der Waals surface area contributed by atoms with Crippen LogP contribution in [0.3, 0.4) is 0 Å². The molecule has 0 spiro atoms. The maximum atomic E-state index is 14.1. The Morgan fingerprint density at radius 3 is 2.73 bits per heavy atom. The number of aryl methyl sites for hydroxylation is 1. The van der Waals surface area contributed by atoms with E-state index >= 15 is 0 Å². The van der Waals surface area contributed by atoms with E-state index in [2.05, 4.69) is 15.2 Å². The summed E-state index contributed by atoms with van der Waals surface area (Å²) in [5.41, 5.74) is 5.44. The molecule has 0 unspecified atom stereocenters. The minimum absolute atomic E-state index is 0.257. The lowest BCUT2D eigenvalue weighted by atomic mass is 9.96. The Labute approximate surface area is 218 Å². The quantitative estimate of drug-likeness (QED) is 0.354. The van der Waals surface area contributed by atoms with Gasteiger partial charge in [-0.1, -0.05) is 13.0 Å². The molecule has 6 rings (SSSR count). The molecule has 2 aliphatic heterocycles. The van der Waals surface area contributed by atoms with Gasteiger partial charge in [0.25, 0.3) is 10.2 Å². The first-order valence-corrected chi connectivity index (χ1v) is 14.8. The van der Waals surface area contributed by atoms with E-state index in [1.807, 2.05) is 25.1 Å². The topological polar surface area (TPSA) is 118 Å². The summed E-state index contributed by atoms with van der Waals surface area (Å²) in [6.07, 6.45) is 1.18. The molecule has 0 radical (unpaired) electrons. The Balaban J connectivity index is 1.29. The predicted octanol–water partition coefficient (Wildman–Crippen LogP) is 3.68. The summed E-state index contributed by atoms with van der Waals surface area (Å²) in [6, 6.07) is 8.55. The van der Waals surface area contributed by atoms with Crippen molar-refractivity contribution in [3.05, 3.63) is 53.1 Å². The number of aromatic hydroxyl groups is 1. The number of halogens is 1. The molecule has 0 bridgehead atoms. The van der Waals surface area contributed by atoms with Crippen LogP contribution in [0.2, 0.25) is 0 Å². The van der Waals surface area contributed by atoms with Crippen LogP contribution in [0.1, 0.15) is 23.9 Å². The number of rotatable bonds is 5. The maximum absolute atomic E-state index is 14.1. The molecule has 12 heteroatoms. The second-order valence-corrected chi connectivity index (χ2v) is 12.4. The average Bonchev–Trinajstić information content (AvgIpc) is 3.53. The zero-order valence-corrected chi connectivity index (χ0v) is 21.9. The highest BCUT2D eigenvalue weighted by Crippen LogP contribution is 2.34. The first-order chi connectivity index (χ1) is 17.8. The van der Waals surface area contributed by atoms with Gasteiger partial charge in [0.05, 0.1) is 23.4 Å². The van der Waals surface area contributed by atoms with Crippen LogP contribution in [0.5, 0.6) is 5.75 Å². The Morgan fingerprint density at radius 1 is 1.14 bits per heavy atom. The standard InChI is InChI=1S/C25H27FN6O3S2/c1-2-15-12-23(33)19(26)13-18(15)16-3-4-17-21(11-16)29-30-24(17)25-27-20-5-6-32(14-22(20)28-25)37(34,35)31-7-9-36-10-8-31/h3-4,11-13,33H,2,5-10,14H2,1H3,(H,27,28)(H,29,30). The number of aromatic amines is 2. The maximum Gasteiger partial charge on any atom is 0.282 e. The number of phenolic OH excluding ortho intramolecular Hbond substituents is 1. The fraction of sp³-hybridized carbons (Fsp3) is 0.360. The van der Waals surface area contributed by atoms with E-state index in [1.54, 1.807) is 16.1 Å². The van der Waals surface area contributed by atoms with Crippen LogP contribution in [0.25, 0.3) is 33.5 Å². The van der Waals surface area contributed by atoms with Gasteiger partial charge < -0.3 is 10.1 Å². The van der Waals surface area contributed by atoms with Crippen molar-refractivity contribution in [1.29, 1.82) is 0 Å². The van der Waals surface area contributed by atoms with Crippen LogP contribution in [-0.4, -0.2) is 73.4 Å². The summed E-state index contributed by atoms with van der Waals surface area (Å²) in [4.78, 5) is 8.06. The molecule has 1 saturated heterocycles. The molecule has 2 aromatic carbocycles. The summed E-state index contributed by atoms with van der Waals surface area (Å²) in [5.74, 6) is 1.22. The zero-order valence-electron chi connectivity index (χ0n) is 20.3. The van der Waals surface area contributed by atoms with Crippen molar-refractivity contribution in [3.8, 4) is 28.4 Å². The van der Waals surface area contributed by atoms with E-state index in [9.17, 15) is 17.9 Å². The molecule has 0 saturated carbocycles. The molecule has 0 atom stereocenters. The molecule has 1 fully saturated rings. The first-order valence-electron chi connectivity index (χ1n) is 12.3. The number of aromatic nitrogens is 4. The SMILES string of the molecule is CCc1cc(O)c(F)cc1-c1ccc2c(-c3nc4c([nH]3)CN(S(=O)(=O)N3CCSCC3)CC4)n[nH]c2c1. The number of benzene rings is 2. The number of nitrogens with one attached hydrogen (secondary N) is 2. The number of phenols is 1. The van der Waals surface area contributed by atoms with E-state index in [0.29, 0.717) is 44.0 Å². The highest BCUT2D eigenvalue weighted by Gasteiger charge is 2.34. The van der Waals surface area contributed by atoms with E-state index < -0.39 is 16.0 Å². The molecular weight excluding hydrogens is 515 g/mol. The van der Waals surface area contributed by atoms with Gasteiger partial charge in [0.2, 0.25) is 0 Å². The van der Waals surface area contributed by atoms with Crippen LogP contribution < -0.4 is 0 Å². The van der Waals surface area contributed by atoms with Gasteiger partial charge in [0.15, 0.2) is 17.4 Å². The average molecular weight is 543 g/mol. The lowest BCUT2D eigenvalue weighted by Crippen LogP contribution is -2.48. The molecule has 0 amide bonds. The summed E-state index contributed by atoms with van der Waals surface area (Å²) in [5, 5.41) is 18.1. The van der Waals surface area contributed by atoms with Gasteiger partial charge in [-0.2, -0.15) is 33.9 Å². The summed E-state index contributed by atoms with van der Waals surface area (Å²) >= 11 is 1.78. The van der Waals surface area contributed by atoms with Crippen molar-refractivity contribution in [1.82, 2.24) is 28.8 Å². The number of H-pyrrole nitrogens is 2. The molecule has 4 heterocycles. The second kappa shape index (κ2) is 9.43. The van der Waals surface area contributed by atoms with Gasteiger partial charge >= 0.3 is 0 Å². The van der Waals surface area contributed by atoms with Gasteiger partial charge in [-0.15, -0.1) is 0 Å². The normalized spacial score (nSPS) is 17.4. The van der Waals surface area contributed by atoms with Gasteiger partial charge in [-0.05, 0) is 47.4 Å². The molecule has 9 nitrogen and oxygen atoms in total. The third kappa shape index (κ3) is 4.31. The van der Waals surface area contributed by atoms with E-state index in [4.69, 9.17) is 4.98 Å². The highest BCUT2D eigenvalue weighted by molar-refractivity contribution is 7.99. The Hall–Kier alpha value is -2.93. The van der Waals surface area contributed by atoms with Crippen molar-refractivity contribution in [2.75, 3.05) is 31.1 Å². The summed E-state index contributed by atoms with van der Waals surface area (Å²) < 4.78 is 43.5. The fourth-order valence-corrected chi connectivity index (χ4v) is 7.77. The number of imidazole rings is 1. The molecule has 2 aliphatic rings. The second-order valence-electron chi connectivity index (χ2n) is 9.26. The van der Waals surface area contributed by atoms with Crippen molar-refractivity contribution in [3.63, 3.8) is 0 Å². The minimum atomic E-state index is -3.51. The monoisotopic (exact) mass is 542 g/mol. The molecule has 37 heavy (non-hydrogen) atoms. The van der Waals surface area contributed by atoms with Crippen molar-refractivity contribution in [2.24, 2.45) is 0 Å². The van der Waals surface area contributed by atoms with Gasteiger partial charge in [-0.25, -0.2) is 9.37 Å². The van der Waals surface area contributed by atoms with Crippen molar-refractivity contribution < 1.29 is 17.9 Å². The highest BCUT2D eigenvalue weighted by atomic mass is 32.2. The Bertz CT molecular complexity index is 1590. The lowest BCUT2D eigenvalue weighted by Gasteiger charge is -2.33. The van der Waals surface area contributed by atoms with E-state index in [-0.39, 0.29) is 12.3 Å². The van der Waals surface area contributed by atoms with Crippen LogP contribution >= 0.6 is 11.8 Å². The predicted molar refractivity (Wildman–Crippen MR) is 142 cm³/mol. The summed E-state index contributed by atoms with van der Waals surface area (Å²) in [7, 11) is -3.51.